The fraction of sp³-hybridized carbons (Fsp3) is 0.632. The fourth-order valence-corrected chi connectivity index (χ4v) is 7.94. The largest absolute Gasteiger partial charge is 0.462 e. The number of rotatable bonds is 53. The predicted octanol–water partition coefficient (Wildman–Crippen LogP) is 20.6. The van der Waals surface area contributed by atoms with Gasteiger partial charge in [-0.3, -0.25) is 14.4 Å². The molecule has 1 unspecified atom stereocenters. The van der Waals surface area contributed by atoms with Crippen molar-refractivity contribution in [3.05, 3.63) is 134 Å². The van der Waals surface area contributed by atoms with Gasteiger partial charge in [0.1, 0.15) is 13.2 Å². The summed E-state index contributed by atoms with van der Waals surface area (Å²) in [5, 5.41) is 0. The van der Waals surface area contributed by atoms with E-state index in [1.54, 1.807) is 0 Å². The summed E-state index contributed by atoms with van der Waals surface area (Å²) in [7, 11) is 0. The Balaban J connectivity index is 4.30. The van der Waals surface area contributed by atoms with Crippen molar-refractivity contribution in [3.63, 3.8) is 0 Å². The number of carbonyl (C=O) groups is 3. The molecule has 0 saturated heterocycles. The number of hydrogen-bond donors (Lipinski definition) is 0. The van der Waals surface area contributed by atoms with E-state index in [1.807, 2.05) is 0 Å². The summed E-state index contributed by atoms with van der Waals surface area (Å²) < 4.78 is 16.8. The highest BCUT2D eigenvalue weighted by atomic mass is 16.6. The highest BCUT2D eigenvalue weighted by Crippen LogP contribution is 2.14. The number of unbranched alkanes of at least 4 members (excludes halogenated alkanes) is 20. The smallest absolute Gasteiger partial charge is 0.306 e. The first-order chi connectivity index (χ1) is 36.5. The van der Waals surface area contributed by atoms with Crippen molar-refractivity contribution in [2.75, 3.05) is 13.2 Å². The van der Waals surface area contributed by atoms with Crippen LogP contribution < -0.4 is 0 Å². The van der Waals surface area contributed by atoms with Gasteiger partial charge in [0, 0.05) is 19.3 Å². The van der Waals surface area contributed by atoms with Crippen molar-refractivity contribution >= 4 is 17.9 Å². The Morgan fingerprint density at radius 3 is 0.824 bits per heavy atom. The summed E-state index contributed by atoms with van der Waals surface area (Å²) >= 11 is 0. The van der Waals surface area contributed by atoms with Crippen LogP contribution >= 0.6 is 0 Å². The van der Waals surface area contributed by atoms with Crippen LogP contribution in [0.3, 0.4) is 0 Å². The Hall–Kier alpha value is -4.45. The molecule has 74 heavy (non-hydrogen) atoms. The third kappa shape index (κ3) is 58.4. The maximum Gasteiger partial charge on any atom is 0.306 e. The standard InChI is InChI=1S/C68H110O6/c1-4-7-10-13-16-19-21-23-25-27-29-31-32-33-34-35-36-38-39-41-43-45-47-49-52-55-58-61-67(70)73-64-65(63-72-66(69)60-57-54-51-18-15-12-9-6-3)74-68(71)62-59-56-53-50-48-46-44-42-40-37-30-28-26-24-22-20-17-14-11-8-5-2/h7-8,10-11,16-17,19-20,23-26,29-31,33-34,36-38,41,43,65H,4-6,9,12-15,18,21-22,27-28,32,35,39-40,42,44-64H2,1-3H3/b10-7-,11-8-,19-16-,20-17-,25-23-,26-24-,31-29-,34-33-,37-30-,38-36-,43-41-. The summed E-state index contributed by atoms with van der Waals surface area (Å²) in [4.78, 5) is 38.1. The highest BCUT2D eigenvalue weighted by molar-refractivity contribution is 5.71. The van der Waals surface area contributed by atoms with E-state index in [9.17, 15) is 14.4 Å². The minimum atomic E-state index is -0.793. The van der Waals surface area contributed by atoms with Gasteiger partial charge in [0.25, 0.3) is 0 Å². The summed E-state index contributed by atoms with van der Waals surface area (Å²) in [5.74, 6) is -0.925. The van der Waals surface area contributed by atoms with Crippen LogP contribution in [-0.4, -0.2) is 37.2 Å². The van der Waals surface area contributed by atoms with Crippen LogP contribution in [0.1, 0.15) is 258 Å². The lowest BCUT2D eigenvalue weighted by Gasteiger charge is -2.18. The zero-order valence-electron chi connectivity index (χ0n) is 47.8. The fourth-order valence-electron chi connectivity index (χ4n) is 7.94. The second kappa shape index (κ2) is 61.1. The van der Waals surface area contributed by atoms with Crippen LogP contribution in [-0.2, 0) is 28.6 Å². The molecule has 418 valence electrons. The molecule has 0 aromatic rings. The normalized spacial score (nSPS) is 13.1. The molecule has 6 nitrogen and oxygen atoms in total. The molecule has 0 spiro atoms. The topological polar surface area (TPSA) is 78.9 Å². The summed E-state index contributed by atoms with van der Waals surface area (Å²) in [6.45, 7) is 6.36. The van der Waals surface area contributed by atoms with E-state index < -0.39 is 6.10 Å². The lowest BCUT2D eigenvalue weighted by molar-refractivity contribution is -0.167. The number of hydrogen-bond acceptors (Lipinski definition) is 6. The number of ether oxygens (including phenoxy) is 3. The number of carbonyl (C=O) groups excluding carboxylic acids is 3. The Kier molecular flexibility index (Phi) is 57.4. The van der Waals surface area contributed by atoms with Gasteiger partial charge in [-0.2, -0.15) is 0 Å². The van der Waals surface area contributed by atoms with E-state index in [0.29, 0.717) is 19.3 Å². The second-order valence-electron chi connectivity index (χ2n) is 19.5. The maximum atomic E-state index is 12.9. The highest BCUT2D eigenvalue weighted by Gasteiger charge is 2.19. The van der Waals surface area contributed by atoms with Gasteiger partial charge in [-0.25, -0.2) is 0 Å². The summed E-state index contributed by atoms with van der Waals surface area (Å²) in [5.41, 5.74) is 0. The van der Waals surface area contributed by atoms with E-state index >= 15 is 0 Å². The zero-order valence-corrected chi connectivity index (χ0v) is 47.8. The summed E-state index contributed by atoms with van der Waals surface area (Å²) in [6.07, 6.45) is 86.0. The Bertz CT molecular complexity index is 1600. The van der Waals surface area contributed by atoms with Crippen molar-refractivity contribution in [2.24, 2.45) is 0 Å². The van der Waals surface area contributed by atoms with E-state index in [2.05, 4.69) is 154 Å². The Morgan fingerprint density at radius 1 is 0.284 bits per heavy atom. The Labute approximate surface area is 455 Å². The molecule has 0 aromatic heterocycles. The molecule has 0 rings (SSSR count). The number of allylic oxidation sites excluding steroid dienone is 22. The molecule has 0 aliphatic heterocycles. The van der Waals surface area contributed by atoms with Crippen molar-refractivity contribution < 1.29 is 28.6 Å². The predicted molar refractivity (Wildman–Crippen MR) is 320 cm³/mol. The molecule has 0 bridgehead atoms. The molecule has 0 radical (unpaired) electrons. The number of esters is 3. The van der Waals surface area contributed by atoms with Crippen LogP contribution in [0.4, 0.5) is 0 Å². The van der Waals surface area contributed by atoms with E-state index in [-0.39, 0.29) is 31.1 Å². The van der Waals surface area contributed by atoms with Crippen molar-refractivity contribution in [1.82, 2.24) is 0 Å². The van der Waals surface area contributed by atoms with Gasteiger partial charge in [-0.15, -0.1) is 0 Å². The lowest BCUT2D eigenvalue weighted by atomic mass is 10.1. The molecule has 0 aromatic carbocycles. The van der Waals surface area contributed by atoms with Crippen LogP contribution in [0.5, 0.6) is 0 Å². The van der Waals surface area contributed by atoms with Gasteiger partial charge in [0.05, 0.1) is 0 Å². The van der Waals surface area contributed by atoms with E-state index in [1.165, 1.54) is 64.2 Å². The SMILES string of the molecule is CC/C=C\C/C=C\C/C=C\C/C=C\C/C=C\C/C=C\C/C=C\CCCCCCCC(=O)OCC(COC(=O)CCCCCCCCCC)OC(=O)CCCCCCCCCC/C=C\C/C=C\C/C=C\C/C=C\CC. The van der Waals surface area contributed by atoms with Crippen molar-refractivity contribution in [1.29, 1.82) is 0 Å². The molecule has 0 N–H and O–H groups in total. The lowest BCUT2D eigenvalue weighted by Crippen LogP contribution is -2.30. The molecule has 0 saturated carbocycles. The minimum absolute atomic E-state index is 0.0903. The van der Waals surface area contributed by atoms with Crippen LogP contribution in [0.25, 0.3) is 0 Å². The summed E-state index contributed by atoms with van der Waals surface area (Å²) in [6, 6.07) is 0. The van der Waals surface area contributed by atoms with Gasteiger partial charge < -0.3 is 14.2 Å². The average molecular weight is 1020 g/mol. The van der Waals surface area contributed by atoms with Crippen LogP contribution in [0.15, 0.2) is 134 Å². The molecular weight excluding hydrogens is 913 g/mol. The minimum Gasteiger partial charge on any atom is -0.462 e. The van der Waals surface area contributed by atoms with Crippen molar-refractivity contribution in [2.45, 2.75) is 264 Å². The first kappa shape index (κ1) is 69.5. The molecule has 1 atom stereocenters. The first-order valence-electron chi connectivity index (χ1n) is 30.2. The maximum absolute atomic E-state index is 12.9. The molecule has 0 aliphatic rings. The molecular formula is C68H110O6. The Morgan fingerprint density at radius 2 is 0.527 bits per heavy atom. The zero-order chi connectivity index (χ0) is 53.6. The molecule has 0 heterocycles. The van der Waals surface area contributed by atoms with Gasteiger partial charge >= 0.3 is 17.9 Å². The molecule has 0 aliphatic carbocycles. The first-order valence-corrected chi connectivity index (χ1v) is 30.2. The second-order valence-corrected chi connectivity index (χ2v) is 19.5. The van der Waals surface area contributed by atoms with E-state index in [0.717, 1.165) is 154 Å². The monoisotopic (exact) mass is 1020 g/mol. The van der Waals surface area contributed by atoms with E-state index in [4.69, 9.17) is 14.2 Å². The van der Waals surface area contributed by atoms with Crippen molar-refractivity contribution in [3.8, 4) is 0 Å². The molecule has 0 amide bonds. The quantitative estimate of drug-likeness (QED) is 0.0261. The third-order valence-corrected chi connectivity index (χ3v) is 12.4. The van der Waals surface area contributed by atoms with Crippen LogP contribution in [0.2, 0.25) is 0 Å². The van der Waals surface area contributed by atoms with Gasteiger partial charge in [0.2, 0.25) is 0 Å². The molecule has 0 fully saturated rings. The van der Waals surface area contributed by atoms with Crippen LogP contribution in [0, 0.1) is 0 Å². The van der Waals surface area contributed by atoms with Gasteiger partial charge in [-0.1, -0.05) is 257 Å². The van der Waals surface area contributed by atoms with Gasteiger partial charge in [0.15, 0.2) is 6.10 Å². The third-order valence-electron chi connectivity index (χ3n) is 12.4. The average Bonchev–Trinajstić information content (AvgIpc) is 3.40. The molecule has 6 heteroatoms. The van der Waals surface area contributed by atoms with Gasteiger partial charge in [-0.05, 0) is 116 Å².